The molecule has 2 heterocycles. The molecule has 0 radical (unpaired) electrons. The molecule has 0 aliphatic rings. The molecule has 1 N–H and O–H groups in total. The molecular formula is C20H19N3O. The average molecular weight is 317 g/mol. The van der Waals surface area contributed by atoms with Crippen molar-refractivity contribution in [1.82, 2.24) is 15.3 Å². The zero-order valence-corrected chi connectivity index (χ0v) is 13.3. The number of hydrogen-bond donors (Lipinski definition) is 1. The monoisotopic (exact) mass is 317 g/mol. The first-order valence-electron chi connectivity index (χ1n) is 7.93. The number of carbonyl (C=O) groups excluding carboxylic acids is 1. The highest BCUT2D eigenvalue weighted by molar-refractivity contribution is 5.84. The number of aromatic nitrogens is 2. The summed E-state index contributed by atoms with van der Waals surface area (Å²) in [4.78, 5) is 20.8. The first kappa shape index (κ1) is 15.9. The second-order valence-electron chi connectivity index (χ2n) is 5.60. The van der Waals surface area contributed by atoms with Crippen LogP contribution in [-0.2, 0) is 17.8 Å². The SMILES string of the molecule is O=C(NCc1ccncc1)C(Cc1ccncc1)c1ccccc1. The Morgan fingerprint density at radius 2 is 1.42 bits per heavy atom. The minimum atomic E-state index is -0.226. The molecule has 1 unspecified atom stereocenters. The van der Waals surface area contributed by atoms with Crippen molar-refractivity contribution in [1.29, 1.82) is 0 Å². The molecule has 2 aromatic heterocycles. The van der Waals surface area contributed by atoms with Crippen LogP contribution in [0.2, 0.25) is 0 Å². The molecule has 0 fully saturated rings. The summed E-state index contributed by atoms with van der Waals surface area (Å²) < 4.78 is 0. The Hall–Kier alpha value is -3.01. The van der Waals surface area contributed by atoms with Crippen molar-refractivity contribution in [2.75, 3.05) is 0 Å². The number of benzene rings is 1. The minimum Gasteiger partial charge on any atom is -0.351 e. The van der Waals surface area contributed by atoms with Gasteiger partial charge in [-0.1, -0.05) is 30.3 Å². The Kier molecular flexibility index (Phi) is 5.30. The topological polar surface area (TPSA) is 54.9 Å². The third-order valence-electron chi connectivity index (χ3n) is 3.92. The molecule has 1 aromatic carbocycles. The molecule has 0 saturated heterocycles. The highest BCUT2D eigenvalue weighted by Crippen LogP contribution is 2.21. The van der Waals surface area contributed by atoms with Gasteiger partial charge in [-0.05, 0) is 47.4 Å². The van der Waals surface area contributed by atoms with E-state index in [-0.39, 0.29) is 11.8 Å². The maximum absolute atomic E-state index is 12.8. The summed E-state index contributed by atoms with van der Waals surface area (Å²) in [6.45, 7) is 0.501. The summed E-state index contributed by atoms with van der Waals surface area (Å²) >= 11 is 0. The van der Waals surface area contributed by atoms with Crippen LogP contribution in [0, 0.1) is 0 Å². The Balaban J connectivity index is 1.75. The van der Waals surface area contributed by atoms with Crippen molar-refractivity contribution in [3.8, 4) is 0 Å². The Bertz CT molecular complexity index is 761. The summed E-state index contributed by atoms with van der Waals surface area (Å²) in [6, 6.07) is 17.6. The molecule has 4 nitrogen and oxygen atoms in total. The van der Waals surface area contributed by atoms with Crippen LogP contribution >= 0.6 is 0 Å². The third-order valence-corrected chi connectivity index (χ3v) is 3.92. The lowest BCUT2D eigenvalue weighted by Crippen LogP contribution is -2.30. The molecule has 1 atom stereocenters. The summed E-state index contributed by atoms with van der Waals surface area (Å²) in [5, 5.41) is 3.04. The van der Waals surface area contributed by atoms with Gasteiger partial charge in [0.05, 0.1) is 5.92 Å². The van der Waals surface area contributed by atoms with Crippen LogP contribution in [0.5, 0.6) is 0 Å². The van der Waals surface area contributed by atoms with Crippen molar-refractivity contribution >= 4 is 5.91 Å². The van der Waals surface area contributed by atoms with Gasteiger partial charge in [0, 0.05) is 31.3 Å². The van der Waals surface area contributed by atoms with Crippen LogP contribution in [0.4, 0.5) is 0 Å². The number of carbonyl (C=O) groups is 1. The van der Waals surface area contributed by atoms with Gasteiger partial charge in [0.15, 0.2) is 0 Å². The smallest absolute Gasteiger partial charge is 0.228 e. The standard InChI is InChI=1S/C20H19N3O/c24-20(23-15-17-8-12-22-13-9-17)19(18-4-2-1-3-5-18)14-16-6-10-21-11-7-16/h1-13,19H,14-15H2,(H,23,24). The van der Waals surface area contributed by atoms with Gasteiger partial charge in [0.25, 0.3) is 0 Å². The lowest BCUT2D eigenvalue weighted by molar-refractivity contribution is -0.122. The van der Waals surface area contributed by atoms with E-state index < -0.39 is 0 Å². The predicted octanol–water partition coefficient (Wildman–Crippen LogP) is 3.12. The fourth-order valence-corrected chi connectivity index (χ4v) is 2.61. The van der Waals surface area contributed by atoms with Gasteiger partial charge >= 0.3 is 0 Å². The maximum Gasteiger partial charge on any atom is 0.228 e. The largest absolute Gasteiger partial charge is 0.351 e. The number of nitrogens with one attached hydrogen (secondary N) is 1. The van der Waals surface area contributed by atoms with Crippen molar-refractivity contribution in [3.63, 3.8) is 0 Å². The van der Waals surface area contributed by atoms with Gasteiger partial charge in [-0.2, -0.15) is 0 Å². The molecule has 1 amide bonds. The number of nitrogens with zero attached hydrogens (tertiary/aromatic N) is 2. The fourth-order valence-electron chi connectivity index (χ4n) is 2.61. The summed E-state index contributed by atoms with van der Waals surface area (Å²) in [6.07, 6.45) is 7.62. The van der Waals surface area contributed by atoms with Crippen LogP contribution < -0.4 is 5.32 Å². The van der Waals surface area contributed by atoms with Crippen LogP contribution in [0.15, 0.2) is 79.4 Å². The van der Waals surface area contributed by atoms with Crippen LogP contribution in [0.1, 0.15) is 22.6 Å². The second kappa shape index (κ2) is 8.02. The molecule has 0 spiro atoms. The average Bonchev–Trinajstić information content (AvgIpc) is 2.66. The van der Waals surface area contributed by atoms with Crippen molar-refractivity contribution in [2.45, 2.75) is 18.9 Å². The lowest BCUT2D eigenvalue weighted by Gasteiger charge is -2.17. The number of hydrogen-bond acceptors (Lipinski definition) is 3. The van der Waals surface area contributed by atoms with Gasteiger partial charge in [-0.25, -0.2) is 0 Å². The van der Waals surface area contributed by atoms with E-state index in [1.165, 1.54) is 0 Å². The Morgan fingerprint density at radius 1 is 0.833 bits per heavy atom. The zero-order chi connectivity index (χ0) is 16.6. The van der Waals surface area contributed by atoms with Crippen molar-refractivity contribution < 1.29 is 4.79 Å². The van der Waals surface area contributed by atoms with Crippen LogP contribution in [0.3, 0.4) is 0 Å². The number of pyridine rings is 2. The Labute approximate surface area is 141 Å². The molecule has 120 valence electrons. The summed E-state index contributed by atoms with van der Waals surface area (Å²) in [5.41, 5.74) is 3.15. The van der Waals surface area contributed by atoms with E-state index in [0.29, 0.717) is 13.0 Å². The fraction of sp³-hybridized carbons (Fsp3) is 0.150. The van der Waals surface area contributed by atoms with Gasteiger partial charge in [0.2, 0.25) is 5.91 Å². The summed E-state index contributed by atoms with van der Waals surface area (Å²) in [5.74, 6) is -0.203. The second-order valence-corrected chi connectivity index (χ2v) is 5.60. The van der Waals surface area contributed by atoms with Gasteiger partial charge in [-0.15, -0.1) is 0 Å². The highest BCUT2D eigenvalue weighted by Gasteiger charge is 2.20. The molecule has 3 aromatic rings. The minimum absolute atomic E-state index is 0.0230. The zero-order valence-electron chi connectivity index (χ0n) is 13.3. The van der Waals surface area contributed by atoms with E-state index in [9.17, 15) is 4.79 Å². The molecule has 0 saturated carbocycles. The molecule has 3 rings (SSSR count). The third kappa shape index (κ3) is 4.26. The lowest BCUT2D eigenvalue weighted by atomic mass is 9.91. The van der Waals surface area contributed by atoms with E-state index in [2.05, 4.69) is 15.3 Å². The number of amides is 1. The molecule has 0 aliphatic heterocycles. The molecule has 24 heavy (non-hydrogen) atoms. The van der Waals surface area contributed by atoms with E-state index in [1.54, 1.807) is 24.8 Å². The van der Waals surface area contributed by atoms with Crippen molar-refractivity contribution in [2.24, 2.45) is 0 Å². The predicted molar refractivity (Wildman–Crippen MR) is 93.2 cm³/mol. The quantitative estimate of drug-likeness (QED) is 0.760. The van der Waals surface area contributed by atoms with E-state index in [4.69, 9.17) is 0 Å². The van der Waals surface area contributed by atoms with Gasteiger partial charge in [-0.3, -0.25) is 14.8 Å². The number of rotatable bonds is 6. The van der Waals surface area contributed by atoms with Gasteiger partial charge in [0.1, 0.15) is 0 Å². The van der Waals surface area contributed by atoms with Crippen molar-refractivity contribution in [3.05, 3.63) is 96.1 Å². The van der Waals surface area contributed by atoms with Crippen LogP contribution in [-0.4, -0.2) is 15.9 Å². The van der Waals surface area contributed by atoms with E-state index >= 15 is 0 Å². The van der Waals surface area contributed by atoms with E-state index in [1.807, 2.05) is 54.6 Å². The molecular weight excluding hydrogens is 298 g/mol. The van der Waals surface area contributed by atoms with Crippen LogP contribution in [0.25, 0.3) is 0 Å². The van der Waals surface area contributed by atoms with Gasteiger partial charge < -0.3 is 5.32 Å². The van der Waals surface area contributed by atoms with E-state index in [0.717, 1.165) is 16.7 Å². The first-order valence-corrected chi connectivity index (χ1v) is 7.93. The Morgan fingerprint density at radius 3 is 2.04 bits per heavy atom. The summed E-state index contributed by atoms with van der Waals surface area (Å²) in [7, 11) is 0. The molecule has 0 bridgehead atoms. The highest BCUT2D eigenvalue weighted by atomic mass is 16.1. The molecule has 0 aliphatic carbocycles. The maximum atomic E-state index is 12.8. The first-order chi connectivity index (χ1) is 11.8. The molecule has 4 heteroatoms. The normalized spacial score (nSPS) is 11.7.